The number of rotatable bonds is 8. The molecule has 1 saturated carbocycles. The van der Waals surface area contributed by atoms with Crippen LogP contribution in [0.5, 0.6) is 5.75 Å². The highest BCUT2D eigenvalue weighted by Gasteiger charge is 2.34. The van der Waals surface area contributed by atoms with Crippen molar-refractivity contribution in [3.05, 3.63) is 58.6 Å². The number of alkyl halides is 3. The van der Waals surface area contributed by atoms with Gasteiger partial charge in [-0.3, -0.25) is 4.79 Å². The van der Waals surface area contributed by atoms with Crippen molar-refractivity contribution in [2.24, 2.45) is 5.92 Å². The zero-order valence-corrected chi connectivity index (χ0v) is 21.1. The molecule has 1 aromatic carbocycles. The zero-order chi connectivity index (χ0) is 26.0. The number of ether oxygens (including phenoxy) is 2. The predicted octanol–water partition coefficient (Wildman–Crippen LogP) is 5.79. The lowest BCUT2D eigenvalue weighted by molar-refractivity contribution is -0.145. The second kappa shape index (κ2) is 10.7. The van der Waals surface area contributed by atoms with E-state index in [1.165, 1.54) is 24.1 Å². The molecule has 2 aromatic heterocycles. The largest absolute Gasteiger partial charge is 0.493 e. The first-order chi connectivity index (χ1) is 17.8. The van der Waals surface area contributed by atoms with Crippen LogP contribution in [0.1, 0.15) is 71.2 Å². The minimum absolute atomic E-state index is 0.297. The number of carbonyl (C=O) groups is 1. The summed E-state index contributed by atoms with van der Waals surface area (Å²) < 4.78 is 49.8. The predicted molar refractivity (Wildman–Crippen MR) is 131 cm³/mol. The molecule has 5 rings (SSSR count). The molecule has 2 aliphatic rings. The monoisotopic (exact) mass is 532 g/mol. The number of benzene rings is 1. The Kier molecular flexibility index (Phi) is 7.43. The van der Waals surface area contributed by atoms with Crippen LogP contribution in [0.25, 0.3) is 10.6 Å². The molecular formula is C26H27F3N4O3S. The number of hydrogen-bond donors (Lipinski definition) is 1. The third kappa shape index (κ3) is 6.10. The van der Waals surface area contributed by atoms with Gasteiger partial charge in [0.1, 0.15) is 10.8 Å². The molecule has 1 aliphatic heterocycles. The fraction of sp³-hybridized carbons (Fsp3) is 0.462. The summed E-state index contributed by atoms with van der Waals surface area (Å²) in [5, 5.41) is 3.64. The maximum absolute atomic E-state index is 13.2. The van der Waals surface area contributed by atoms with Crippen LogP contribution in [0.3, 0.4) is 0 Å². The standard InChI is InChI=1S/C26H27F3N4O3S/c1-15(20-10-31-25(32-11-20)26(27,28)29)33-23(34)18-7-19(24-30-12-22(37-24)17-3-2-4-17)9-21(8-18)36-14-16-5-6-35-13-16/h7-12,15-17H,2-6,13-14H2,1H3,(H,33,34). The van der Waals surface area contributed by atoms with Crippen LogP contribution < -0.4 is 10.1 Å². The smallest absolute Gasteiger partial charge is 0.451 e. The highest BCUT2D eigenvalue weighted by atomic mass is 32.1. The van der Waals surface area contributed by atoms with Crippen molar-refractivity contribution >= 4 is 17.2 Å². The highest BCUT2D eigenvalue weighted by Crippen LogP contribution is 2.41. The van der Waals surface area contributed by atoms with Gasteiger partial charge >= 0.3 is 6.18 Å². The summed E-state index contributed by atoms with van der Waals surface area (Å²) >= 11 is 1.63. The van der Waals surface area contributed by atoms with Crippen LogP contribution in [0, 0.1) is 5.92 Å². The van der Waals surface area contributed by atoms with E-state index in [9.17, 15) is 18.0 Å². The lowest BCUT2D eigenvalue weighted by Crippen LogP contribution is -2.27. The normalized spacial score (nSPS) is 18.9. The number of amides is 1. The molecule has 0 spiro atoms. The Morgan fingerprint density at radius 3 is 2.59 bits per heavy atom. The van der Waals surface area contributed by atoms with E-state index in [1.807, 2.05) is 12.3 Å². The molecule has 2 fully saturated rings. The molecule has 3 aromatic rings. The Balaban J connectivity index is 1.35. The highest BCUT2D eigenvalue weighted by molar-refractivity contribution is 7.15. The summed E-state index contributed by atoms with van der Waals surface area (Å²) in [6.07, 6.45) is 3.96. The van der Waals surface area contributed by atoms with E-state index in [0.717, 1.165) is 36.0 Å². The number of nitrogens with one attached hydrogen (secondary N) is 1. The Morgan fingerprint density at radius 1 is 1.16 bits per heavy atom. The van der Waals surface area contributed by atoms with Crippen LogP contribution in [0.4, 0.5) is 13.2 Å². The summed E-state index contributed by atoms with van der Waals surface area (Å²) in [6, 6.07) is 4.72. The van der Waals surface area contributed by atoms with Gasteiger partial charge in [-0.25, -0.2) is 15.0 Å². The van der Waals surface area contributed by atoms with Crippen LogP contribution in [0.15, 0.2) is 36.8 Å². The average Bonchev–Trinajstić information content (AvgIpc) is 3.54. The maximum Gasteiger partial charge on any atom is 0.451 e. The zero-order valence-electron chi connectivity index (χ0n) is 20.3. The van der Waals surface area contributed by atoms with Crippen molar-refractivity contribution < 1.29 is 27.4 Å². The second-order valence-electron chi connectivity index (χ2n) is 9.52. The third-order valence-corrected chi connectivity index (χ3v) is 7.94. The molecule has 7 nitrogen and oxygen atoms in total. The van der Waals surface area contributed by atoms with E-state index in [-0.39, 0.29) is 5.91 Å². The summed E-state index contributed by atoms with van der Waals surface area (Å²) in [5.41, 5.74) is 1.52. The van der Waals surface area contributed by atoms with Crippen molar-refractivity contribution in [3.63, 3.8) is 0 Å². The first-order valence-electron chi connectivity index (χ1n) is 12.3. The molecule has 1 saturated heterocycles. The number of nitrogens with zero attached hydrogens (tertiary/aromatic N) is 3. The molecule has 0 radical (unpaired) electrons. The first kappa shape index (κ1) is 25.6. The van der Waals surface area contributed by atoms with Crippen LogP contribution in [-0.2, 0) is 10.9 Å². The van der Waals surface area contributed by atoms with Crippen molar-refractivity contribution in [2.75, 3.05) is 19.8 Å². The number of carbonyl (C=O) groups excluding carboxylic acids is 1. The molecule has 1 N–H and O–H groups in total. The third-order valence-electron chi connectivity index (χ3n) is 6.73. The van der Waals surface area contributed by atoms with E-state index >= 15 is 0 Å². The molecule has 1 aliphatic carbocycles. The number of halogens is 3. The van der Waals surface area contributed by atoms with Gasteiger partial charge in [0.2, 0.25) is 5.82 Å². The number of aromatic nitrogens is 3. The molecular weight excluding hydrogens is 505 g/mol. The number of hydrogen-bond acceptors (Lipinski definition) is 7. The maximum atomic E-state index is 13.2. The Morgan fingerprint density at radius 2 is 1.95 bits per heavy atom. The summed E-state index contributed by atoms with van der Waals surface area (Å²) in [6.45, 7) is 3.51. The lowest BCUT2D eigenvalue weighted by atomic mass is 9.85. The molecule has 37 heavy (non-hydrogen) atoms. The first-order valence-corrected chi connectivity index (χ1v) is 13.1. The van der Waals surface area contributed by atoms with Gasteiger partial charge in [-0.2, -0.15) is 13.2 Å². The van der Waals surface area contributed by atoms with Gasteiger partial charge in [0.15, 0.2) is 0 Å². The topological polar surface area (TPSA) is 86.2 Å². The van der Waals surface area contributed by atoms with Gasteiger partial charge < -0.3 is 14.8 Å². The second-order valence-corrected chi connectivity index (χ2v) is 10.6. The van der Waals surface area contributed by atoms with E-state index in [0.29, 0.717) is 41.9 Å². The van der Waals surface area contributed by atoms with E-state index < -0.39 is 18.0 Å². The molecule has 2 unspecified atom stereocenters. The molecule has 196 valence electrons. The SMILES string of the molecule is CC(NC(=O)c1cc(OCC2CCOC2)cc(-c2ncc(C3CCC3)s2)c1)c1cnc(C(F)(F)F)nc1. The summed E-state index contributed by atoms with van der Waals surface area (Å²) in [5.74, 6) is -0.200. The fourth-order valence-corrected chi connectivity index (χ4v) is 5.31. The minimum Gasteiger partial charge on any atom is -0.493 e. The van der Waals surface area contributed by atoms with Crippen LogP contribution >= 0.6 is 11.3 Å². The Labute approximate surface area is 216 Å². The Bertz CT molecular complexity index is 1240. The molecule has 3 heterocycles. The van der Waals surface area contributed by atoms with Crippen molar-refractivity contribution in [1.82, 2.24) is 20.3 Å². The molecule has 0 bridgehead atoms. The Hall–Kier alpha value is -3.05. The lowest BCUT2D eigenvalue weighted by Gasteiger charge is -2.23. The minimum atomic E-state index is -4.62. The van der Waals surface area contributed by atoms with Gasteiger partial charge in [0.25, 0.3) is 5.91 Å². The van der Waals surface area contributed by atoms with E-state index in [2.05, 4.69) is 20.3 Å². The van der Waals surface area contributed by atoms with E-state index in [4.69, 9.17) is 9.47 Å². The van der Waals surface area contributed by atoms with Gasteiger partial charge in [-0.15, -0.1) is 11.3 Å². The summed E-state index contributed by atoms with van der Waals surface area (Å²) in [7, 11) is 0. The van der Waals surface area contributed by atoms with Gasteiger partial charge in [-0.1, -0.05) is 6.42 Å². The van der Waals surface area contributed by atoms with Crippen LogP contribution in [0.2, 0.25) is 0 Å². The molecule has 2 atom stereocenters. The van der Waals surface area contributed by atoms with Gasteiger partial charge in [-0.05, 0) is 50.3 Å². The number of thiazole rings is 1. The quantitative estimate of drug-likeness (QED) is 0.395. The average molecular weight is 533 g/mol. The van der Waals surface area contributed by atoms with Gasteiger partial charge in [0.05, 0.1) is 19.3 Å². The molecule has 1 amide bonds. The van der Waals surface area contributed by atoms with Crippen LogP contribution in [-0.4, -0.2) is 40.7 Å². The van der Waals surface area contributed by atoms with Crippen molar-refractivity contribution in [3.8, 4) is 16.3 Å². The van der Waals surface area contributed by atoms with E-state index in [1.54, 1.807) is 30.4 Å². The van der Waals surface area contributed by atoms with Crippen molar-refractivity contribution in [1.29, 1.82) is 0 Å². The van der Waals surface area contributed by atoms with Crippen molar-refractivity contribution in [2.45, 2.75) is 50.7 Å². The van der Waals surface area contributed by atoms with Gasteiger partial charge in [0, 0.05) is 52.7 Å². The fourth-order valence-electron chi connectivity index (χ4n) is 4.24. The molecule has 11 heteroatoms. The summed E-state index contributed by atoms with van der Waals surface area (Å²) in [4.78, 5) is 25.8.